The third-order valence-electron chi connectivity index (χ3n) is 4.17. The zero-order valence-corrected chi connectivity index (χ0v) is 15.2. The van der Waals surface area contributed by atoms with E-state index in [4.69, 9.17) is 9.47 Å². The average Bonchev–Trinajstić information content (AvgIpc) is 2.69. The molecule has 0 atom stereocenters. The predicted molar refractivity (Wildman–Crippen MR) is 99.6 cm³/mol. The van der Waals surface area contributed by atoms with Crippen molar-refractivity contribution in [2.45, 2.75) is 13.3 Å². The maximum absolute atomic E-state index is 13.1. The molecule has 0 aliphatic carbocycles. The van der Waals surface area contributed by atoms with Crippen LogP contribution in [-0.4, -0.2) is 42.2 Å². The molecule has 0 radical (unpaired) electrons. The minimum absolute atomic E-state index is 0.0395. The van der Waals surface area contributed by atoms with Gasteiger partial charge in [0.2, 0.25) is 6.41 Å². The number of hydrogen-bond donors (Lipinski definition) is 1. The Hall–Kier alpha value is -3.42. The Balaban J connectivity index is 2.04. The number of nitrogens with zero attached hydrogens (tertiary/aromatic N) is 2. The highest BCUT2D eigenvalue weighted by Crippen LogP contribution is 2.39. The summed E-state index contributed by atoms with van der Waals surface area (Å²) >= 11 is 0. The largest absolute Gasteiger partial charge is 0.505 e. The Morgan fingerprint density at radius 2 is 2.14 bits per heavy atom. The summed E-state index contributed by atoms with van der Waals surface area (Å²) in [6.45, 7) is 2.36. The Morgan fingerprint density at radius 1 is 1.39 bits per heavy atom. The van der Waals surface area contributed by atoms with Gasteiger partial charge in [0.15, 0.2) is 11.5 Å². The highest BCUT2D eigenvalue weighted by molar-refractivity contribution is 5.93. The fourth-order valence-electron chi connectivity index (χ4n) is 2.91. The number of carbonyl (C=O) groups excluding carboxylic acids is 2. The molecule has 3 rings (SSSR count). The first-order valence-electron chi connectivity index (χ1n) is 8.72. The third-order valence-corrected chi connectivity index (χ3v) is 4.17. The number of fused-ring (bicyclic) bond motifs is 1. The van der Waals surface area contributed by atoms with Gasteiger partial charge in [-0.15, -0.1) is 0 Å². The molecule has 1 aromatic heterocycles. The second-order valence-corrected chi connectivity index (χ2v) is 6.04. The van der Waals surface area contributed by atoms with Crippen LogP contribution in [0, 0.1) is 5.82 Å². The maximum Gasteiger partial charge on any atom is 0.334 e. The lowest BCUT2D eigenvalue weighted by atomic mass is 10.0. The van der Waals surface area contributed by atoms with Crippen LogP contribution < -0.4 is 9.64 Å². The number of aromatic nitrogens is 1. The Morgan fingerprint density at radius 3 is 2.82 bits per heavy atom. The zero-order valence-electron chi connectivity index (χ0n) is 15.2. The number of benzene rings is 1. The number of halogens is 1. The molecule has 2 aromatic rings. The molecule has 2 heterocycles. The minimum atomic E-state index is -0.722. The molecule has 0 spiro atoms. The molecule has 0 bridgehead atoms. The molecule has 1 aliphatic heterocycles. The second-order valence-electron chi connectivity index (χ2n) is 6.04. The van der Waals surface area contributed by atoms with Crippen LogP contribution in [0.15, 0.2) is 36.5 Å². The van der Waals surface area contributed by atoms with Crippen molar-refractivity contribution in [3.63, 3.8) is 0 Å². The van der Waals surface area contributed by atoms with Crippen LogP contribution in [0.2, 0.25) is 0 Å². The molecular formula is C20H19FN2O5. The molecule has 0 saturated carbocycles. The monoisotopic (exact) mass is 386 g/mol. The van der Waals surface area contributed by atoms with Crippen LogP contribution in [0.25, 0.3) is 5.76 Å². The van der Waals surface area contributed by atoms with Crippen molar-refractivity contribution >= 4 is 23.8 Å². The number of aliphatic hydroxyl groups excluding tert-OH is 1. The summed E-state index contributed by atoms with van der Waals surface area (Å²) in [5.74, 6) is -1.10. The predicted octanol–water partition coefficient (Wildman–Crippen LogP) is 2.63. The quantitative estimate of drug-likeness (QED) is 0.355. The number of carbonyl (C=O) groups is 2. The van der Waals surface area contributed by atoms with Crippen LogP contribution >= 0.6 is 0 Å². The van der Waals surface area contributed by atoms with Gasteiger partial charge in [-0.25, -0.2) is 9.18 Å². The van der Waals surface area contributed by atoms with Crippen LogP contribution in [0.3, 0.4) is 0 Å². The molecule has 7 nitrogen and oxygen atoms in total. The number of hydrogen-bond acceptors (Lipinski definition) is 6. The molecule has 0 fully saturated rings. The number of pyridine rings is 1. The highest BCUT2D eigenvalue weighted by atomic mass is 19.1. The SMILES string of the molecule is CCOC(=O)/C=C(\O)c1ncc(Cc2ccc(F)cc2)c2c1N(C=O)CCO2. The standard InChI is InChI=1S/C20H19FN2O5/c1-2-27-17(26)10-16(25)18-19-20(28-8-7-23(19)12-24)14(11-22-18)9-13-3-5-15(21)6-4-13/h3-6,10-12,25H,2,7-9H2,1H3/b16-10-. The van der Waals surface area contributed by atoms with Crippen molar-refractivity contribution in [3.05, 3.63) is 59.2 Å². The van der Waals surface area contributed by atoms with E-state index in [9.17, 15) is 19.1 Å². The Bertz CT molecular complexity index is 912. The number of aliphatic hydroxyl groups is 1. The van der Waals surface area contributed by atoms with Crippen molar-refractivity contribution in [2.24, 2.45) is 0 Å². The molecule has 1 amide bonds. The Labute approximate surface area is 161 Å². The van der Waals surface area contributed by atoms with Gasteiger partial charge in [0, 0.05) is 18.2 Å². The van der Waals surface area contributed by atoms with Crippen molar-refractivity contribution < 1.29 is 28.6 Å². The molecule has 1 N–H and O–H groups in total. The lowest BCUT2D eigenvalue weighted by Crippen LogP contribution is -2.33. The van der Waals surface area contributed by atoms with E-state index >= 15 is 0 Å². The van der Waals surface area contributed by atoms with Crippen LogP contribution in [0.1, 0.15) is 23.7 Å². The first kappa shape index (κ1) is 19.3. The molecule has 0 saturated heterocycles. The molecular weight excluding hydrogens is 367 g/mol. The normalized spacial score (nSPS) is 13.5. The highest BCUT2D eigenvalue weighted by Gasteiger charge is 2.27. The van der Waals surface area contributed by atoms with Gasteiger partial charge in [-0.3, -0.25) is 9.78 Å². The van der Waals surface area contributed by atoms with Crippen LogP contribution in [0.4, 0.5) is 10.1 Å². The minimum Gasteiger partial charge on any atom is -0.505 e. The summed E-state index contributed by atoms with van der Waals surface area (Å²) < 4.78 is 23.7. The van der Waals surface area contributed by atoms with E-state index < -0.39 is 11.7 Å². The topological polar surface area (TPSA) is 89.0 Å². The van der Waals surface area contributed by atoms with Gasteiger partial charge in [-0.1, -0.05) is 12.1 Å². The van der Waals surface area contributed by atoms with E-state index in [0.29, 0.717) is 24.1 Å². The lowest BCUT2D eigenvalue weighted by Gasteiger charge is -2.29. The maximum atomic E-state index is 13.1. The number of ether oxygens (including phenoxy) is 2. The number of esters is 1. The smallest absolute Gasteiger partial charge is 0.334 e. The van der Waals surface area contributed by atoms with Crippen molar-refractivity contribution in [1.29, 1.82) is 0 Å². The zero-order chi connectivity index (χ0) is 20.1. The van der Waals surface area contributed by atoms with Gasteiger partial charge in [-0.05, 0) is 24.6 Å². The molecule has 1 aliphatic rings. The third kappa shape index (κ3) is 4.11. The van der Waals surface area contributed by atoms with Crippen molar-refractivity contribution in [1.82, 2.24) is 4.98 Å². The first-order valence-corrected chi connectivity index (χ1v) is 8.72. The van der Waals surface area contributed by atoms with E-state index in [1.807, 2.05) is 0 Å². The summed E-state index contributed by atoms with van der Waals surface area (Å²) in [7, 11) is 0. The van der Waals surface area contributed by atoms with E-state index in [1.54, 1.807) is 19.1 Å². The average molecular weight is 386 g/mol. The van der Waals surface area contributed by atoms with Gasteiger partial charge in [0.25, 0.3) is 0 Å². The van der Waals surface area contributed by atoms with Gasteiger partial charge < -0.3 is 19.5 Å². The summed E-state index contributed by atoms with van der Waals surface area (Å²) in [6.07, 6.45) is 3.42. The van der Waals surface area contributed by atoms with Gasteiger partial charge in [-0.2, -0.15) is 0 Å². The summed E-state index contributed by atoms with van der Waals surface area (Å²) in [5, 5.41) is 10.4. The molecule has 146 valence electrons. The molecule has 8 heteroatoms. The van der Waals surface area contributed by atoms with E-state index in [-0.39, 0.29) is 37.0 Å². The second kappa shape index (κ2) is 8.51. The van der Waals surface area contributed by atoms with Crippen molar-refractivity contribution in [2.75, 3.05) is 24.7 Å². The number of rotatable bonds is 6. The lowest BCUT2D eigenvalue weighted by molar-refractivity contribution is -0.137. The van der Waals surface area contributed by atoms with E-state index in [2.05, 4.69) is 4.98 Å². The number of anilines is 1. The summed E-state index contributed by atoms with van der Waals surface area (Å²) in [6, 6.07) is 6.01. The summed E-state index contributed by atoms with van der Waals surface area (Å²) in [5.41, 5.74) is 1.81. The number of amides is 1. The van der Waals surface area contributed by atoms with Gasteiger partial charge >= 0.3 is 5.97 Å². The van der Waals surface area contributed by atoms with E-state index in [1.165, 1.54) is 23.2 Å². The van der Waals surface area contributed by atoms with Crippen LogP contribution in [0.5, 0.6) is 5.75 Å². The first-order chi connectivity index (χ1) is 13.5. The van der Waals surface area contributed by atoms with Crippen molar-refractivity contribution in [3.8, 4) is 5.75 Å². The molecule has 28 heavy (non-hydrogen) atoms. The molecule has 1 aromatic carbocycles. The van der Waals surface area contributed by atoms with E-state index in [0.717, 1.165) is 11.6 Å². The van der Waals surface area contributed by atoms with Gasteiger partial charge in [0.05, 0.1) is 19.2 Å². The van der Waals surface area contributed by atoms with Gasteiger partial charge in [0.1, 0.15) is 23.8 Å². The summed E-state index contributed by atoms with van der Waals surface area (Å²) in [4.78, 5) is 28.8. The fourth-order valence-corrected chi connectivity index (χ4v) is 2.91. The Kier molecular flexibility index (Phi) is 5.88. The fraction of sp³-hybridized carbons (Fsp3) is 0.250. The van der Waals surface area contributed by atoms with Crippen LogP contribution in [-0.2, 0) is 20.7 Å². The molecule has 0 unspecified atom stereocenters.